The number of halogens is 1. The maximum absolute atomic E-state index is 13.7. The molecule has 1 heterocycles. The summed E-state index contributed by atoms with van der Waals surface area (Å²) in [6.45, 7) is 5.04. The molecule has 2 N–H and O–H groups in total. The van der Waals surface area contributed by atoms with Crippen LogP contribution in [0.2, 0.25) is 0 Å². The van der Waals surface area contributed by atoms with Crippen molar-refractivity contribution in [1.29, 1.82) is 0 Å². The first-order valence-corrected chi connectivity index (χ1v) is 9.73. The van der Waals surface area contributed by atoms with Gasteiger partial charge in [-0.3, -0.25) is 4.99 Å². The zero-order valence-electron chi connectivity index (χ0n) is 16.2. The quantitative estimate of drug-likeness (QED) is 0.600. The van der Waals surface area contributed by atoms with E-state index < -0.39 is 0 Å². The number of benzene rings is 2. The van der Waals surface area contributed by atoms with Crippen LogP contribution in [0, 0.1) is 5.82 Å². The monoisotopic (exact) mass is 368 g/mol. The topological polar surface area (TPSA) is 39.7 Å². The zero-order chi connectivity index (χ0) is 19.1. The van der Waals surface area contributed by atoms with Gasteiger partial charge in [0, 0.05) is 32.4 Å². The number of anilines is 1. The Morgan fingerprint density at radius 3 is 2.67 bits per heavy atom. The van der Waals surface area contributed by atoms with E-state index in [0.717, 1.165) is 19.0 Å². The van der Waals surface area contributed by atoms with Crippen LogP contribution < -0.4 is 15.5 Å². The smallest absolute Gasteiger partial charge is 0.191 e. The Morgan fingerprint density at radius 2 is 1.93 bits per heavy atom. The highest BCUT2D eigenvalue weighted by Gasteiger charge is 2.14. The molecule has 0 amide bonds. The third kappa shape index (κ3) is 5.22. The molecule has 27 heavy (non-hydrogen) atoms. The summed E-state index contributed by atoms with van der Waals surface area (Å²) in [5.74, 6) is 0.569. The van der Waals surface area contributed by atoms with Crippen LogP contribution in [0.5, 0.6) is 0 Å². The van der Waals surface area contributed by atoms with Crippen molar-refractivity contribution >= 4 is 11.6 Å². The predicted octanol–water partition coefficient (Wildman–Crippen LogP) is 3.89. The summed E-state index contributed by atoms with van der Waals surface area (Å²) < 4.78 is 13.7. The lowest BCUT2D eigenvalue weighted by atomic mass is 10.1. The summed E-state index contributed by atoms with van der Waals surface area (Å²) in [6.07, 6.45) is 3.17. The zero-order valence-corrected chi connectivity index (χ0v) is 16.2. The number of hydrogen-bond donors (Lipinski definition) is 2. The Kier molecular flexibility index (Phi) is 6.69. The van der Waals surface area contributed by atoms with Crippen molar-refractivity contribution < 1.29 is 4.39 Å². The van der Waals surface area contributed by atoms with Gasteiger partial charge in [0.15, 0.2) is 5.96 Å². The molecule has 0 radical (unpaired) electrons. The molecule has 1 aliphatic rings. The van der Waals surface area contributed by atoms with Crippen LogP contribution in [-0.2, 0) is 6.42 Å². The first-order chi connectivity index (χ1) is 13.2. The SMILES string of the molecule is CN=C(NCCc1ccccc1F)NC(C)c1cccc(N2CCCC2)c1. The number of nitrogens with zero attached hydrogens (tertiary/aromatic N) is 2. The van der Waals surface area contributed by atoms with Crippen molar-refractivity contribution in [2.75, 3.05) is 31.6 Å². The Hall–Kier alpha value is -2.56. The highest BCUT2D eigenvalue weighted by atomic mass is 19.1. The van der Waals surface area contributed by atoms with Crippen LogP contribution >= 0.6 is 0 Å². The fraction of sp³-hybridized carbons (Fsp3) is 0.409. The average Bonchev–Trinajstić information content (AvgIpc) is 3.23. The third-order valence-corrected chi connectivity index (χ3v) is 5.06. The number of guanidine groups is 1. The molecule has 0 aromatic heterocycles. The molecule has 4 nitrogen and oxygen atoms in total. The first-order valence-electron chi connectivity index (χ1n) is 9.73. The fourth-order valence-electron chi connectivity index (χ4n) is 3.47. The van der Waals surface area contributed by atoms with Gasteiger partial charge >= 0.3 is 0 Å². The van der Waals surface area contributed by atoms with Crippen molar-refractivity contribution in [2.24, 2.45) is 4.99 Å². The minimum Gasteiger partial charge on any atom is -0.372 e. The van der Waals surface area contributed by atoms with Crippen LogP contribution in [0.1, 0.15) is 36.9 Å². The minimum atomic E-state index is -0.158. The summed E-state index contributed by atoms with van der Waals surface area (Å²) in [5, 5.41) is 6.71. The van der Waals surface area contributed by atoms with Gasteiger partial charge in [-0.15, -0.1) is 0 Å². The molecular formula is C22H29FN4. The molecule has 0 saturated carbocycles. The van der Waals surface area contributed by atoms with Crippen molar-refractivity contribution in [3.05, 3.63) is 65.5 Å². The Morgan fingerprint density at radius 1 is 1.15 bits per heavy atom. The van der Waals surface area contributed by atoms with Crippen molar-refractivity contribution in [2.45, 2.75) is 32.2 Å². The van der Waals surface area contributed by atoms with Gasteiger partial charge in [0.05, 0.1) is 6.04 Å². The molecule has 0 spiro atoms. The standard InChI is InChI=1S/C22H29FN4/c1-17(19-9-7-10-20(16-19)27-14-5-6-15-27)26-22(24-2)25-13-12-18-8-3-4-11-21(18)23/h3-4,7-11,16-17H,5-6,12-15H2,1-2H3,(H2,24,25,26). The summed E-state index contributed by atoms with van der Waals surface area (Å²) in [6, 6.07) is 15.7. The van der Waals surface area contributed by atoms with E-state index in [1.54, 1.807) is 13.1 Å². The molecule has 0 aliphatic carbocycles. The average molecular weight is 369 g/mol. The van der Waals surface area contributed by atoms with Gasteiger partial charge in [0.25, 0.3) is 0 Å². The summed E-state index contributed by atoms with van der Waals surface area (Å²) >= 11 is 0. The summed E-state index contributed by atoms with van der Waals surface area (Å²) in [4.78, 5) is 6.74. The molecule has 1 saturated heterocycles. The molecule has 1 atom stereocenters. The van der Waals surface area contributed by atoms with Crippen LogP contribution in [0.15, 0.2) is 53.5 Å². The van der Waals surface area contributed by atoms with Crippen LogP contribution in [-0.4, -0.2) is 32.6 Å². The molecule has 2 aromatic carbocycles. The highest BCUT2D eigenvalue weighted by Crippen LogP contribution is 2.23. The lowest BCUT2D eigenvalue weighted by molar-refractivity contribution is 0.605. The van der Waals surface area contributed by atoms with Crippen LogP contribution in [0.25, 0.3) is 0 Å². The Bertz CT molecular complexity index is 768. The molecular weight excluding hydrogens is 339 g/mol. The van der Waals surface area contributed by atoms with Gasteiger partial charge in [-0.25, -0.2) is 4.39 Å². The second kappa shape index (κ2) is 9.40. The molecule has 1 fully saturated rings. The second-order valence-corrected chi connectivity index (χ2v) is 7.00. The maximum atomic E-state index is 13.7. The molecule has 1 aliphatic heterocycles. The number of rotatable bonds is 6. The Labute approximate surface area is 161 Å². The van der Waals surface area contributed by atoms with Gasteiger partial charge < -0.3 is 15.5 Å². The van der Waals surface area contributed by atoms with E-state index in [1.807, 2.05) is 12.1 Å². The third-order valence-electron chi connectivity index (χ3n) is 5.06. The van der Waals surface area contributed by atoms with Gasteiger partial charge in [-0.2, -0.15) is 0 Å². The van der Waals surface area contributed by atoms with E-state index in [4.69, 9.17) is 0 Å². The van der Waals surface area contributed by atoms with Gasteiger partial charge in [-0.1, -0.05) is 30.3 Å². The van der Waals surface area contributed by atoms with Gasteiger partial charge in [0.2, 0.25) is 0 Å². The lowest BCUT2D eigenvalue weighted by Gasteiger charge is -2.22. The largest absolute Gasteiger partial charge is 0.372 e. The molecule has 2 aromatic rings. The van der Waals surface area contributed by atoms with E-state index in [1.165, 1.54) is 30.2 Å². The predicted molar refractivity (Wildman–Crippen MR) is 111 cm³/mol. The minimum absolute atomic E-state index is 0.132. The number of aliphatic imine (C=N–C) groups is 1. The summed E-state index contributed by atoms with van der Waals surface area (Å²) in [5.41, 5.74) is 3.24. The number of hydrogen-bond acceptors (Lipinski definition) is 2. The van der Waals surface area contributed by atoms with Crippen molar-refractivity contribution in [3.63, 3.8) is 0 Å². The van der Waals surface area contributed by atoms with E-state index in [9.17, 15) is 4.39 Å². The molecule has 1 unspecified atom stereocenters. The van der Waals surface area contributed by atoms with E-state index >= 15 is 0 Å². The van der Waals surface area contributed by atoms with E-state index in [2.05, 4.69) is 51.7 Å². The maximum Gasteiger partial charge on any atom is 0.191 e. The normalized spacial score (nSPS) is 15.7. The van der Waals surface area contributed by atoms with Gasteiger partial charge in [-0.05, 0) is 55.5 Å². The lowest BCUT2D eigenvalue weighted by Crippen LogP contribution is -2.39. The second-order valence-electron chi connectivity index (χ2n) is 7.00. The molecule has 3 rings (SSSR count). The Balaban J connectivity index is 1.54. The van der Waals surface area contributed by atoms with Crippen molar-refractivity contribution in [1.82, 2.24) is 10.6 Å². The van der Waals surface area contributed by atoms with Crippen LogP contribution in [0.3, 0.4) is 0 Å². The molecule has 0 bridgehead atoms. The first kappa shape index (κ1) is 19.2. The van der Waals surface area contributed by atoms with Crippen molar-refractivity contribution in [3.8, 4) is 0 Å². The molecule has 144 valence electrons. The van der Waals surface area contributed by atoms with Crippen LogP contribution in [0.4, 0.5) is 10.1 Å². The van der Waals surface area contributed by atoms with E-state index in [-0.39, 0.29) is 11.9 Å². The van der Waals surface area contributed by atoms with E-state index in [0.29, 0.717) is 18.5 Å². The molecule has 5 heteroatoms. The fourth-order valence-corrected chi connectivity index (χ4v) is 3.47. The number of nitrogens with one attached hydrogen (secondary N) is 2. The summed E-state index contributed by atoms with van der Waals surface area (Å²) in [7, 11) is 1.76. The highest BCUT2D eigenvalue weighted by molar-refractivity contribution is 5.80. The van der Waals surface area contributed by atoms with Gasteiger partial charge in [0.1, 0.15) is 5.82 Å².